The smallest absolute Gasteiger partial charge is 0.258 e. The fourth-order valence-corrected chi connectivity index (χ4v) is 3.94. The zero-order valence-corrected chi connectivity index (χ0v) is 15.0. The lowest BCUT2D eigenvalue weighted by molar-refractivity contribution is 0.319. The molecule has 1 aliphatic rings. The zero-order chi connectivity index (χ0) is 17.8. The van der Waals surface area contributed by atoms with Gasteiger partial charge in [-0.15, -0.1) is 0 Å². The van der Waals surface area contributed by atoms with Crippen LogP contribution in [0.4, 0.5) is 0 Å². The van der Waals surface area contributed by atoms with Crippen LogP contribution < -0.4 is 5.56 Å². The van der Waals surface area contributed by atoms with E-state index in [4.69, 9.17) is 0 Å². The van der Waals surface area contributed by atoms with Crippen molar-refractivity contribution >= 4 is 10.9 Å². The van der Waals surface area contributed by atoms with Crippen molar-refractivity contribution in [3.63, 3.8) is 0 Å². The monoisotopic (exact) mass is 347 g/mol. The lowest BCUT2D eigenvalue weighted by Crippen LogP contribution is -2.23. The van der Waals surface area contributed by atoms with Crippen molar-refractivity contribution in [2.24, 2.45) is 5.92 Å². The molecule has 134 valence electrons. The summed E-state index contributed by atoms with van der Waals surface area (Å²) in [6.45, 7) is 3.40. The van der Waals surface area contributed by atoms with Crippen LogP contribution in [0.3, 0.4) is 0 Å². The maximum atomic E-state index is 12.2. The van der Waals surface area contributed by atoms with Gasteiger partial charge in [-0.1, -0.05) is 42.5 Å². The quantitative estimate of drug-likeness (QED) is 0.743. The van der Waals surface area contributed by atoms with E-state index in [9.17, 15) is 4.79 Å². The highest BCUT2D eigenvalue weighted by Gasteiger charge is 2.23. The summed E-state index contributed by atoms with van der Waals surface area (Å²) in [5.41, 5.74) is 2.19. The molecule has 0 bridgehead atoms. The first-order chi connectivity index (χ1) is 12.8. The number of hydrogen-bond donors (Lipinski definition) is 1. The minimum atomic E-state index is -0.0247. The third-order valence-electron chi connectivity index (χ3n) is 5.30. The molecule has 0 radical (unpaired) electrons. The Hall–Kier alpha value is -2.46. The molecule has 1 unspecified atom stereocenters. The second kappa shape index (κ2) is 7.83. The summed E-state index contributed by atoms with van der Waals surface area (Å²) in [4.78, 5) is 22.4. The fraction of sp³-hybridized carbons (Fsp3) is 0.364. The molecule has 2 heterocycles. The van der Waals surface area contributed by atoms with E-state index in [0.29, 0.717) is 11.3 Å². The molecule has 1 saturated heterocycles. The van der Waals surface area contributed by atoms with Crippen LogP contribution in [0, 0.1) is 5.92 Å². The van der Waals surface area contributed by atoms with Gasteiger partial charge in [0.05, 0.1) is 10.9 Å². The number of aromatic amines is 1. The molecular weight excluding hydrogens is 322 g/mol. The highest BCUT2D eigenvalue weighted by molar-refractivity contribution is 5.77. The van der Waals surface area contributed by atoms with Crippen molar-refractivity contribution in [1.29, 1.82) is 0 Å². The minimum Gasteiger partial charge on any atom is -0.310 e. The Labute approximate surface area is 153 Å². The number of rotatable bonds is 6. The molecule has 1 N–H and O–H groups in total. The predicted molar refractivity (Wildman–Crippen MR) is 105 cm³/mol. The van der Waals surface area contributed by atoms with E-state index in [2.05, 4.69) is 45.2 Å². The van der Waals surface area contributed by atoms with E-state index in [1.165, 1.54) is 18.4 Å². The molecule has 0 aliphatic carbocycles. The summed E-state index contributed by atoms with van der Waals surface area (Å²) in [6.07, 6.45) is 4.38. The van der Waals surface area contributed by atoms with Crippen molar-refractivity contribution < 1.29 is 0 Å². The molecule has 1 atom stereocenters. The van der Waals surface area contributed by atoms with Gasteiger partial charge in [0.15, 0.2) is 0 Å². The summed E-state index contributed by atoms with van der Waals surface area (Å²) in [6, 6.07) is 18.2. The van der Waals surface area contributed by atoms with E-state index >= 15 is 0 Å². The van der Waals surface area contributed by atoms with Gasteiger partial charge >= 0.3 is 0 Å². The van der Waals surface area contributed by atoms with Crippen LogP contribution >= 0.6 is 0 Å². The first-order valence-electron chi connectivity index (χ1n) is 9.52. The number of aromatic nitrogens is 2. The Morgan fingerprint density at radius 2 is 1.88 bits per heavy atom. The predicted octanol–water partition coefficient (Wildman–Crippen LogP) is 3.42. The Balaban J connectivity index is 1.31. The molecule has 4 nitrogen and oxygen atoms in total. The number of para-hydroxylation sites is 1. The standard InChI is InChI=1S/C22H25N3O/c26-22-19-10-4-5-11-20(19)23-21(24-22)15-18-12-14-25(16-18)13-6-9-17-7-2-1-3-8-17/h1-5,7-8,10-11,18H,6,9,12-16H2,(H,23,24,26). The average Bonchev–Trinajstić information content (AvgIpc) is 3.10. The van der Waals surface area contributed by atoms with Crippen LogP contribution in [-0.2, 0) is 12.8 Å². The van der Waals surface area contributed by atoms with E-state index in [1.54, 1.807) is 0 Å². The van der Waals surface area contributed by atoms with Gasteiger partial charge in [-0.2, -0.15) is 0 Å². The summed E-state index contributed by atoms with van der Waals surface area (Å²) in [7, 11) is 0. The topological polar surface area (TPSA) is 49.0 Å². The van der Waals surface area contributed by atoms with Gasteiger partial charge in [0.2, 0.25) is 0 Å². The fourth-order valence-electron chi connectivity index (χ4n) is 3.94. The van der Waals surface area contributed by atoms with Gasteiger partial charge in [0, 0.05) is 13.0 Å². The molecule has 1 aliphatic heterocycles. The van der Waals surface area contributed by atoms with Crippen molar-refractivity contribution in [3.05, 3.63) is 76.3 Å². The molecule has 3 aromatic rings. The minimum absolute atomic E-state index is 0.0247. The summed E-state index contributed by atoms with van der Waals surface area (Å²) >= 11 is 0. The Bertz CT molecular complexity index is 919. The highest BCUT2D eigenvalue weighted by atomic mass is 16.1. The zero-order valence-electron chi connectivity index (χ0n) is 15.0. The number of hydrogen-bond acceptors (Lipinski definition) is 3. The van der Waals surface area contributed by atoms with Gasteiger partial charge in [-0.05, 0) is 56.0 Å². The van der Waals surface area contributed by atoms with Gasteiger partial charge in [0.25, 0.3) is 5.56 Å². The first-order valence-corrected chi connectivity index (χ1v) is 9.52. The summed E-state index contributed by atoms with van der Waals surface area (Å²) in [5.74, 6) is 1.40. The molecule has 1 fully saturated rings. The molecule has 26 heavy (non-hydrogen) atoms. The Morgan fingerprint density at radius 3 is 2.77 bits per heavy atom. The number of benzene rings is 2. The molecule has 0 saturated carbocycles. The Kier molecular flexibility index (Phi) is 5.12. The van der Waals surface area contributed by atoms with Crippen molar-refractivity contribution in [2.45, 2.75) is 25.7 Å². The van der Waals surface area contributed by atoms with Gasteiger partial charge in [0.1, 0.15) is 5.82 Å². The van der Waals surface area contributed by atoms with Crippen LogP contribution in [0.1, 0.15) is 24.2 Å². The maximum absolute atomic E-state index is 12.2. The molecule has 1 aromatic heterocycles. The number of H-pyrrole nitrogens is 1. The number of nitrogens with one attached hydrogen (secondary N) is 1. The molecule has 0 amide bonds. The van der Waals surface area contributed by atoms with Crippen molar-refractivity contribution in [1.82, 2.24) is 14.9 Å². The van der Waals surface area contributed by atoms with E-state index < -0.39 is 0 Å². The first kappa shape index (κ1) is 17.0. The molecule has 4 heteroatoms. The lowest BCUT2D eigenvalue weighted by Gasteiger charge is -2.16. The van der Waals surface area contributed by atoms with Crippen molar-refractivity contribution in [3.8, 4) is 0 Å². The number of nitrogens with zero attached hydrogens (tertiary/aromatic N) is 2. The number of likely N-dealkylation sites (tertiary alicyclic amines) is 1. The Morgan fingerprint density at radius 1 is 1.08 bits per heavy atom. The summed E-state index contributed by atoms with van der Waals surface area (Å²) < 4.78 is 0. The van der Waals surface area contributed by atoms with Crippen LogP contribution in [-0.4, -0.2) is 34.5 Å². The van der Waals surface area contributed by atoms with Crippen LogP contribution in [0.25, 0.3) is 10.9 Å². The van der Waals surface area contributed by atoms with Gasteiger partial charge in [-0.25, -0.2) is 4.98 Å². The largest absolute Gasteiger partial charge is 0.310 e. The number of aryl methyl sites for hydroxylation is 1. The molecule has 2 aromatic carbocycles. The van der Waals surface area contributed by atoms with Gasteiger partial charge < -0.3 is 9.88 Å². The highest BCUT2D eigenvalue weighted by Crippen LogP contribution is 2.20. The maximum Gasteiger partial charge on any atom is 0.258 e. The second-order valence-corrected chi connectivity index (χ2v) is 7.28. The van der Waals surface area contributed by atoms with Gasteiger partial charge in [-0.3, -0.25) is 4.79 Å². The van der Waals surface area contributed by atoms with Crippen LogP contribution in [0.2, 0.25) is 0 Å². The summed E-state index contributed by atoms with van der Waals surface area (Å²) in [5, 5.41) is 0.671. The average molecular weight is 347 g/mol. The lowest BCUT2D eigenvalue weighted by atomic mass is 10.0. The van der Waals surface area contributed by atoms with Crippen LogP contribution in [0.5, 0.6) is 0 Å². The molecule has 0 spiro atoms. The molecule has 4 rings (SSSR count). The second-order valence-electron chi connectivity index (χ2n) is 7.28. The third kappa shape index (κ3) is 4.02. The SMILES string of the molecule is O=c1[nH]c(CC2CCN(CCCc3ccccc3)C2)nc2ccccc12. The normalized spacial score (nSPS) is 17.8. The molecular formula is C22H25N3O. The number of fused-ring (bicyclic) bond motifs is 1. The van der Waals surface area contributed by atoms with Crippen LogP contribution in [0.15, 0.2) is 59.4 Å². The van der Waals surface area contributed by atoms with E-state index in [0.717, 1.165) is 43.8 Å². The van der Waals surface area contributed by atoms with E-state index in [-0.39, 0.29) is 5.56 Å². The van der Waals surface area contributed by atoms with E-state index in [1.807, 2.05) is 24.3 Å². The van der Waals surface area contributed by atoms with Crippen molar-refractivity contribution in [2.75, 3.05) is 19.6 Å². The third-order valence-corrected chi connectivity index (χ3v) is 5.30.